The molecular weight excluding hydrogens is 194 g/mol. The summed E-state index contributed by atoms with van der Waals surface area (Å²) in [4.78, 5) is 11.0. The van der Waals surface area contributed by atoms with Crippen molar-refractivity contribution >= 4 is 5.97 Å². The van der Waals surface area contributed by atoms with Crippen molar-refractivity contribution in [2.24, 2.45) is 0 Å². The van der Waals surface area contributed by atoms with Gasteiger partial charge in [0, 0.05) is 0 Å². The fourth-order valence-corrected chi connectivity index (χ4v) is 1.76. The highest BCUT2D eigenvalue weighted by molar-refractivity contribution is 5.78. The van der Waals surface area contributed by atoms with E-state index >= 15 is 0 Å². The molecule has 0 amide bonds. The highest BCUT2D eigenvalue weighted by Crippen LogP contribution is 2.21. The van der Waals surface area contributed by atoms with Crippen molar-refractivity contribution in [1.82, 2.24) is 5.32 Å². The van der Waals surface area contributed by atoms with Crippen molar-refractivity contribution in [1.29, 1.82) is 0 Å². The molecule has 1 unspecified atom stereocenters. The molecule has 15 heavy (non-hydrogen) atoms. The second-order valence-electron chi connectivity index (χ2n) is 4.46. The minimum Gasteiger partial charge on any atom is -0.480 e. The van der Waals surface area contributed by atoms with E-state index in [2.05, 4.69) is 5.32 Å². The molecule has 1 aliphatic carbocycles. The number of ether oxygens (including phenoxy) is 1. The van der Waals surface area contributed by atoms with Crippen LogP contribution in [0.2, 0.25) is 0 Å². The van der Waals surface area contributed by atoms with Gasteiger partial charge >= 0.3 is 5.97 Å². The highest BCUT2D eigenvalue weighted by Gasteiger charge is 2.32. The van der Waals surface area contributed by atoms with Gasteiger partial charge in [-0.3, -0.25) is 4.79 Å². The van der Waals surface area contributed by atoms with E-state index in [9.17, 15) is 4.79 Å². The fourth-order valence-electron chi connectivity index (χ4n) is 1.76. The van der Waals surface area contributed by atoms with Crippen LogP contribution in [0.25, 0.3) is 0 Å². The lowest BCUT2D eigenvalue weighted by atomic mass is 9.97. The molecule has 0 radical (unpaired) electrons. The Balaban J connectivity index is 2.36. The summed E-state index contributed by atoms with van der Waals surface area (Å²) < 4.78 is 5.66. The highest BCUT2D eigenvalue weighted by atomic mass is 16.5. The van der Waals surface area contributed by atoms with Crippen molar-refractivity contribution in [2.75, 3.05) is 13.7 Å². The lowest BCUT2D eigenvalue weighted by Crippen LogP contribution is -2.52. The van der Waals surface area contributed by atoms with Gasteiger partial charge in [-0.15, -0.1) is 0 Å². The first kappa shape index (κ1) is 12.5. The lowest BCUT2D eigenvalue weighted by Gasteiger charge is -2.28. The first-order valence-electron chi connectivity index (χ1n) is 5.62. The van der Waals surface area contributed by atoms with Gasteiger partial charge in [0.05, 0.1) is 12.7 Å². The predicted octanol–water partition coefficient (Wildman–Crippen LogP) is 1.40. The van der Waals surface area contributed by atoms with Gasteiger partial charge in [0.1, 0.15) is 5.54 Å². The Morgan fingerprint density at radius 3 is 2.53 bits per heavy atom. The van der Waals surface area contributed by atoms with Crippen molar-refractivity contribution in [3.8, 4) is 0 Å². The number of hydrogen-bond acceptors (Lipinski definition) is 3. The number of rotatable bonds is 5. The number of carboxylic acid groups (broad SMARTS) is 1. The number of aliphatic carboxylic acids is 1. The van der Waals surface area contributed by atoms with Crippen molar-refractivity contribution in [3.05, 3.63) is 0 Å². The zero-order chi connectivity index (χ0) is 11.3. The van der Waals surface area contributed by atoms with Crippen LogP contribution < -0.4 is 5.32 Å². The standard InChI is InChI=1S/C11H21NO3/c1-11(12-2,10(13)14)8-15-9-6-4-3-5-7-9/h9,12H,3-8H2,1-2H3,(H,13,14). The van der Waals surface area contributed by atoms with Gasteiger partial charge in [0.25, 0.3) is 0 Å². The average molecular weight is 215 g/mol. The van der Waals surface area contributed by atoms with Gasteiger partial charge in [0.2, 0.25) is 0 Å². The zero-order valence-corrected chi connectivity index (χ0v) is 9.58. The van der Waals surface area contributed by atoms with E-state index in [1.165, 1.54) is 19.3 Å². The fraction of sp³-hybridized carbons (Fsp3) is 0.909. The van der Waals surface area contributed by atoms with Crippen LogP contribution in [0.3, 0.4) is 0 Å². The Kier molecular flexibility index (Phi) is 4.54. The molecule has 1 saturated carbocycles. The topological polar surface area (TPSA) is 58.6 Å². The van der Waals surface area contributed by atoms with E-state index in [1.807, 2.05) is 0 Å². The summed E-state index contributed by atoms with van der Waals surface area (Å²) in [5.74, 6) is -0.860. The van der Waals surface area contributed by atoms with Crippen LogP contribution in [0, 0.1) is 0 Å². The maximum Gasteiger partial charge on any atom is 0.326 e. The minimum absolute atomic E-state index is 0.240. The molecule has 0 aliphatic heterocycles. The van der Waals surface area contributed by atoms with E-state index in [1.54, 1.807) is 14.0 Å². The van der Waals surface area contributed by atoms with Crippen LogP contribution >= 0.6 is 0 Å². The summed E-state index contributed by atoms with van der Waals surface area (Å²) in [6.07, 6.45) is 6.08. The molecule has 1 rings (SSSR count). The first-order valence-corrected chi connectivity index (χ1v) is 5.62. The monoisotopic (exact) mass is 215 g/mol. The van der Waals surface area contributed by atoms with Gasteiger partial charge < -0.3 is 15.2 Å². The first-order chi connectivity index (χ1) is 7.08. The molecule has 2 N–H and O–H groups in total. The molecule has 1 fully saturated rings. The summed E-state index contributed by atoms with van der Waals surface area (Å²) >= 11 is 0. The quantitative estimate of drug-likeness (QED) is 0.727. The van der Waals surface area contributed by atoms with Gasteiger partial charge in [-0.1, -0.05) is 19.3 Å². The molecule has 1 aliphatic rings. The summed E-state index contributed by atoms with van der Waals surface area (Å²) in [6, 6.07) is 0. The smallest absolute Gasteiger partial charge is 0.326 e. The van der Waals surface area contributed by atoms with E-state index < -0.39 is 11.5 Å². The normalized spacial score (nSPS) is 22.3. The SMILES string of the molecule is CNC(C)(COC1CCCCC1)C(=O)O. The molecule has 4 heteroatoms. The van der Waals surface area contributed by atoms with Crippen LogP contribution in [-0.4, -0.2) is 36.4 Å². The molecule has 0 aromatic carbocycles. The number of carboxylic acids is 1. The summed E-state index contributed by atoms with van der Waals surface area (Å²) in [6.45, 7) is 1.89. The third-order valence-electron chi connectivity index (χ3n) is 3.18. The molecular formula is C11H21NO3. The molecule has 0 saturated heterocycles. The average Bonchev–Trinajstić information content (AvgIpc) is 2.27. The van der Waals surface area contributed by atoms with E-state index in [-0.39, 0.29) is 12.7 Å². The molecule has 4 nitrogen and oxygen atoms in total. The predicted molar refractivity (Wildman–Crippen MR) is 57.9 cm³/mol. The second-order valence-corrected chi connectivity index (χ2v) is 4.46. The Bertz CT molecular complexity index is 214. The number of hydrogen-bond donors (Lipinski definition) is 2. The minimum atomic E-state index is -0.961. The summed E-state index contributed by atoms with van der Waals surface area (Å²) in [5.41, 5.74) is -0.961. The van der Waals surface area contributed by atoms with Crippen LogP contribution in [0.15, 0.2) is 0 Å². The van der Waals surface area contributed by atoms with Crippen LogP contribution in [0.1, 0.15) is 39.0 Å². The molecule has 88 valence electrons. The van der Waals surface area contributed by atoms with E-state index in [4.69, 9.17) is 9.84 Å². The largest absolute Gasteiger partial charge is 0.480 e. The second kappa shape index (κ2) is 5.47. The maximum absolute atomic E-state index is 11.0. The van der Waals surface area contributed by atoms with Gasteiger partial charge in [-0.25, -0.2) is 0 Å². The van der Waals surface area contributed by atoms with Crippen LogP contribution in [0.5, 0.6) is 0 Å². The molecule has 0 aromatic heterocycles. The zero-order valence-electron chi connectivity index (χ0n) is 9.58. The van der Waals surface area contributed by atoms with Crippen LogP contribution in [-0.2, 0) is 9.53 Å². The van der Waals surface area contributed by atoms with Crippen molar-refractivity contribution in [2.45, 2.75) is 50.7 Å². The van der Waals surface area contributed by atoms with E-state index in [0.717, 1.165) is 12.8 Å². The molecule has 0 aromatic rings. The summed E-state index contributed by atoms with van der Waals surface area (Å²) in [7, 11) is 1.65. The van der Waals surface area contributed by atoms with Gasteiger partial charge in [-0.2, -0.15) is 0 Å². The van der Waals surface area contributed by atoms with E-state index in [0.29, 0.717) is 0 Å². The third kappa shape index (κ3) is 3.47. The van der Waals surface area contributed by atoms with Gasteiger partial charge in [0.15, 0.2) is 0 Å². The Labute approximate surface area is 91.0 Å². The Morgan fingerprint density at radius 2 is 2.07 bits per heavy atom. The van der Waals surface area contributed by atoms with Crippen molar-refractivity contribution in [3.63, 3.8) is 0 Å². The molecule has 1 atom stereocenters. The molecule has 0 bridgehead atoms. The number of likely N-dealkylation sites (N-methyl/N-ethyl adjacent to an activating group) is 1. The Hall–Kier alpha value is -0.610. The maximum atomic E-state index is 11.0. The van der Waals surface area contributed by atoms with Crippen LogP contribution in [0.4, 0.5) is 0 Å². The summed E-state index contributed by atoms with van der Waals surface area (Å²) in [5, 5.41) is 11.8. The lowest BCUT2D eigenvalue weighted by molar-refractivity contribution is -0.148. The van der Waals surface area contributed by atoms with Gasteiger partial charge in [-0.05, 0) is 26.8 Å². The third-order valence-corrected chi connectivity index (χ3v) is 3.18. The molecule has 0 spiro atoms. The molecule has 0 heterocycles. The number of carbonyl (C=O) groups is 1. The number of nitrogens with one attached hydrogen (secondary N) is 1. The Morgan fingerprint density at radius 1 is 1.47 bits per heavy atom. The van der Waals surface area contributed by atoms with Crippen molar-refractivity contribution < 1.29 is 14.6 Å².